The summed E-state index contributed by atoms with van der Waals surface area (Å²) >= 11 is 5.92. The van der Waals surface area contributed by atoms with Gasteiger partial charge in [-0.3, -0.25) is 9.59 Å². The first-order chi connectivity index (χ1) is 12.1. The first-order valence-electron chi connectivity index (χ1n) is 8.27. The molecule has 0 bridgehead atoms. The summed E-state index contributed by atoms with van der Waals surface area (Å²) in [5, 5.41) is 7.80. The van der Waals surface area contributed by atoms with Gasteiger partial charge in [0.25, 0.3) is 5.56 Å². The Morgan fingerprint density at radius 1 is 1.24 bits per heavy atom. The SMILES string of the molecule is O=C(Cn1ccn2nc3c(c2c1=O)CCCC3)Nc1cccc(Cl)c1. The number of amides is 1. The van der Waals surface area contributed by atoms with Crippen LogP contribution in [-0.2, 0) is 24.2 Å². The summed E-state index contributed by atoms with van der Waals surface area (Å²) in [5.41, 5.74) is 3.05. The van der Waals surface area contributed by atoms with Crippen molar-refractivity contribution in [2.24, 2.45) is 0 Å². The van der Waals surface area contributed by atoms with E-state index in [9.17, 15) is 9.59 Å². The summed E-state index contributed by atoms with van der Waals surface area (Å²) in [6.07, 6.45) is 7.29. The molecule has 0 atom stereocenters. The normalized spacial score (nSPS) is 13.6. The lowest BCUT2D eigenvalue weighted by molar-refractivity contribution is -0.116. The summed E-state index contributed by atoms with van der Waals surface area (Å²) in [7, 11) is 0. The zero-order valence-corrected chi connectivity index (χ0v) is 14.3. The maximum absolute atomic E-state index is 12.8. The Hall–Kier alpha value is -2.60. The summed E-state index contributed by atoms with van der Waals surface area (Å²) in [6.45, 7) is -0.0538. The Balaban J connectivity index is 1.62. The van der Waals surface area contributed by atoms with Gasteiger partial charge in [0.1, 0.15) is 12.1 Å². The average Bonchev–Trinajstić information content (AvgIpc) is 2.96. The summed E-state index contributed by atoms with van der Waals surface area (Å²) in [6, 6.07) is 6.91. The van der Waals surface area contributed by atoms with Gasteiger partial charge in [0, 0.05) is 28.7 Å². The van der Waals surface area contributed by atoms with Gasteiger partial charge in [0.2, 0.25) is 5.91 Å². The molecule has 0 aliphatic heterocycles. The predicted molar refractivity (Wildman–Crippen MR) is 96.2 cm³/mol. The maximum Gasteiger partial charge on any atom is 0.277 e. The van der Waals surface area contributed by atoms with Crippen molar-refractivity contribution in [3.8, 4) is 0 Å². The lowest BCUT2D eigenvalue weighted by Crippen LogP contribution is -2.28. The number of rotatable bonds is 3. The summed E-state index contributed by atoms with van der Waals surface area (Å²) in [5.74, 6) is -0.276. The van der Waals surface area contributed by atoms with Crippen LogP contribution >= 0.6 is 11.6 Å². The van der Waals surface area contributed by atoms with E-state index in [0.717, 1.165) is 36.9 Å². The smallest absolute Gasteiger partial charge is 0.277 e. The van der Waals surface area contributed by atoms with Crippen molar-refractivity contribution in [3.05, 3.63) is 63.3 Å². The molecule has 25 heavy (non-hydrogen) atoms. The molecule has 4 rings (SSSR count). The van der Waals surface area contributed by atoms with Crippen LogP contribution in [0.2, 0.25) is 5.02 Å². The Kier molecular flexibility index (Phi) is 4.05. The molecule has 0 radical (unpaired) electrons. The van der Waals surface area contributed by atoms with E-state index in [2.05, 4.69) is 10.4 Å². The highest BCUT2D eigenvalue weighted by Gasteiger charge is 2.20. The third-order valence-corrected chi connectivity index (χ3v) is 4.69. The maximum atomic E-state index is 12.8. The van der Waals surface area contributed by atoms with Gasteiger partial charge in [0.05, 0.1) is 5.69 Å². The van der Waals surface area contributed by atoms with Crippen LogP contribution in [0.3, 0.4) is 0 Å². The molecule has 0 fully saturated rings. The van der Waals surface area contributed by atoms with Crippen molar-refractivity contribution < 1.29 is 4.79 Å². The molecule has 1 aliphatic rings. The molecule has 1 N–H and O–H groups in total. The van der Waals surface area contributed by atoms with Crippen molar-refractivity contribution in [2.45, 2.75) is 32.2 Å². The van der Waals surface area contributed by atoms with Gasteiger partial charge in [-0.2, -0.15) is 5.10 Å². The first kappa shape index (κ1) is 15.9. The molecule has 2 aromatic heterocycles. The molecular formula is C18H17ClN4O2. The van der Waals surface area contributed by atoms with Crippen LogP contribution in [0.4, 0.5) is 5.69 Å². The highest BCUT2D eigenvalue weighted by molar-refractivity contribution is 6.30. The molecule has 3 aromatic rings. The van der Waals surface area contributed by atoms with Gasteiger partial charge in [-0.1, -0.05) is 17.7 Å². The van der Waals surface area contributed by atoms with E-state index in [1.165, 1.54) is 4.57 Å². The Morgan fingerprint density at radius 2 is 2.08 bits per heavy atom. The van der Waals surface area contributed by atoms with E-state index in [0.29, 0.717) is 16.2 Å². The minimum atomic E-state index is -0.276. The number of aromatic nitrogens is 3. The van der Waals surface area contributed by atoms with Gasteiger partial charge in [0.15, 0.2) is 0 Å². The number of carbonyl (C=O) groups excluding carboxylic acids is 1. The molecule has 0 spiro atoms. The number of nitrogens with one attached hydrogen (secondary N) is 1. The van der Waals surface area contributed by atoms with Crippen LogP contribution in [0, 0.1) is 0 Å². The number of aryl methyl sites for hydroxylation is 2. The van der Waals surface area contributed by atoms with Crippen molar-refractivity contribution in [1.82, 2.24) is 14.2 Å². The van der Waals surface area contributed by atoms with Gasteiger partial charge < -0.3 is 9.88 Å². The summed E-state index contributed by atoms with van der Waals surface area (Å²) < 4.78 is 3.06. The van der Waals surface area contributed by atoms with Crippen LogP contribution in [0.15, 0.2) is 41.5 Å². The van der Waals surface area contributed by atoms with Crippen LogP contribution in [0.5, 0.6) is 0 Å². The average molecular weight is 357 g/mol. The van der Waals surface area contributed by atoms with E-state index >= 15 is 0 Å². The number of hydrogen-bond donors (Lipinski definition) is 1. The molecule has 0 saturated heterocycles. The van der Waals surface area contributed by atoms with Crippen LogP contribution < -0.4 is 10.9 Å². The molecule has 0 unspecified atom stereocenters. The van der Waals surface area contributed by atoms with E-state index in [4.69, 9.17) is 11.6 Å². The molecule has 1 aromatic carbocycles. The van der Waals surface area contributed by atoms with Gasteiger partial charge >= 0.3 is 0 Å². The largest absolute Gasteiger partial charge is 0.324 e. The Bertz CT molecular complexity index is 1020. The fraction of sp³-hybridized carbons (Fsp3) is 0.278. The number of anilines is 1. The monoisotopic (exact) mass is 356 g/mol. The molecule has 128 valence electrons. The van der Waals surface area contributed by atoms with Gasteiger partial charge in [-0.15, -0.1) is 0 Å². The van der Waals surface area contributed by atoms with Crippen molar-refractivity contribution in [2.75, 3.05) is 5.32 Å². The van der Waals surface area contributed by atoms with Crippen LogP contribution in [-0.4, -0.2) is 20.1 Å². The van der Waals surface area contributed by atoms with E-state index in [-0.39, 0.29) is 18.0 Å². The van der Waals surface area contributed by atoms with E-state index in [1.54, 1.807) is 41.2 Å². The Morgan fingerprint density at radius 3 is 2.92 bits per heavy atom. The molecule has 0 saturated carbocycles. The standard InChI is InChI=1S/C18H17ClN4O2/c19-12-4-3-5-13(10-12)20-16(24)11-22-8-9-23-17(18(22)25)14-6-1-2-7-15(14)21-23/h3-5,8-10H,1-2,6-7,11H2,(H,20,24). The minimum absolute atomic E-state index is 0.0538. The second-order valence-electron chi connectivity index (χ2n) is 6.22. The van der Waals surface area contributed by atoms with Crippen LogP contribution in [0.25, 0.3) is 5.52 Å². The topological polar surface area (TPSA) is 68.4 Å². The zero-order valence-electron chi connectivity index (χ0n) is 13.5. The fourth-order valence-corrected chi connectivity index (χ4v) is 3.49. The number of halogens is 1. The van der Waals surface area contributed by atoms with Crippen molar-refractivity contribution in [3.63, 3.8) is 0 Å². The van der Waals surface area contributed by atoms with Crippen LogP contribution in [0.1, 0.15) is 24.1 Å². The molecular weight excluding hydrogens is 340 g/mol. The minimum Gasteiger partial charge on any atom is -0.324 e. The predicted octanol–water partition coefficient (Wildman–Crippen LogP) is 2.67. The Labute approximate surface area is 149 Å². The highest BCUT2D eigenvalue weighted by Crippen LogP contribution is 2.22. The third-order valence-electron chi connectivity index (χ3n) is 4.46. The lowest BCUT2D eigenvalue weighted by atomic mass is 9.97. The quantitative estimate of drug-likeness (QED) is 0.784. The number of fused-ring (bicyclic) bond motifs is 3. The van der Waals surface area contributed by atoms with E-state index < -0.39 is 0 Å². The first-order valence-corrected chi connectivity index (χ1v) is 8.64. The zero-order chi connectivity index (χ0) is 17.4. The molecule has 1 aliphatic carbocycles. The molecule has 7 heteroatoms. The van der Waals surface area contributed by atoms with Crippen molar-refractivity contribution >= 4 is 28.7 Å². The number of benzene rings is 1. The highest BCUT2D eigenvalue weighted by atomic mass is 35.5. The number of carbonyl (C=O) groups is 1. The molecule has 2 heterocycles. The number of nitrogens with zero attached hydrogens (tertiary/aromatic N) is 3. The van der Waals surface area contributed by atoms with Gasteiger partial charge in [-0.25, -0.2) is 4.52 Å². The van der Waals surface area contributed by atoms with E-state index in [1.807, 2.05) is 0 Å². The lowest BCUT2D eigenvalue weighted by Gasteiger charge is -2.10. The second-order valence-corrected chi connectivity index (χ2v) is 6.65. The van der Waals surface area contributed by atoms with Crippen molar-refractivity contribution in [1.29, 1.82) is 0 Å². The molecule has 1 amide bonds. The second kappa shape index (κ2) is 6.37. The number of hydrogen-bond acceptors (Lipinski definition) is 3. The third kappa shape index (κ3) is 3.05. The summed E-state index contributed by atoms with van der Waals surface area (Å²) in [4.78, 5) is 25.1. The molecule has 6 nitrogen and oxygen atoms in total. The van der Waals surface area contributed by atoms with Gasteiger partial charge in [-0.05, 0) is 43.9 Å². The fourth-order valence-electron chi connectivity index (χ4n) is 3.30.